The summed E-state index contributed by atoms with van der Waals surface area (Å²) in [4.78, 5) is 24.8. The second kappa shape index (κ2) is 6.97. The van der Waals surface area contributed by atoms with Crippen LogP contribution in [0.25, 0.3) is 0 Å². The molecule has 0 aromatic heterocycles. The molecular formula is C17H17N3O6S. The van der Waals surface area contributed by atoms with Gasteiger partial charge >= 0.3 is 0 Å². The number of hydrogen-bond donors (Lipinski definition) is 0. The molecule has 0 bridgehead atoms. The Hall–Kier alpha value is -2.98. The van der Waals surface area contributed by atoms with Gasteiger partial charge in [0.1, 0.15) is 12.4 Å². The largest absolute Gasteiger partial charge is 0.490 e. The Labute approximate surface area is 156 Å². The summed E-state index contributed by atoms with van der Waals surface area (Å²) in [6.07, 6.45) is 0. The molecule has 9 nitrogen and oxygen atoms in total. The van der Waals surface area contributed by atoms with Crippen molar-refractivity contribution in [1.29, 1.82) is 0 Å². The predicted octanol–water partition coefficient (Wildman–Crippen LogP) is 1.88. The number of carbonyl (C=O) groups is 1. The minimum atomic E-state index is -3.59. The number of nitro benzene ring substituents is 1. The molecule has 3 rings (SSSR count). The van der Waals surface area contributed by atoms with E-state index in [4.69, 9.17) is 4.74 Å². The van der Waals surface area contributed by atoms with E-state index < -0.39 is 20.9 Å². The van der Waals surface area contributed by atoms with Crippen molar-refractivity contribution in [3.05, 3.63) is 58.1 Å². The first-order valence-corrected chi connectivity index (χ1v) is 9.41. The number of hydrogen-bond acceptors (Lipinski definition) is 6. The van der Waals surface area contributed by atoms with Crippen molar-refractivity contribution in [2.24, 2.45) is 0 Å². The topological polar surface area (TPSA) is 110 Å². The van der Waals surface area contributed by atoms with Crippen LogP contribution in [0, 0.1) is 10.1 Å². The normalized spacial score (nSPS) is 13.8. The van der Waals surface area contributed by atoms with Crippen LogP contribution in [0.4, 0.5) is 11.4 Å². The molecule has 10 heteroatoms. The van der Waals surface area contributed by atoms with E-state index in [9.17, 15) is 23.3 Å². The molecule has 0 spiro atoms. The van der Waals surface area contributed by atoms with E-state index in [0.29, 0.717) is 11.4 Å². The number of nitrogens with zero attached hydrogens (tertiary/aromatic N) is 3. The number of fused-ring (bicyclic) bond motifs is 1. The Kier molecular flexibility index (Phi) is 4.85. The van der Waals surface area contributed by atoms with Gasteiger partial charge in [-0.25, -0.2) is 12.7 Å². The number of sulfonamides is 1. The van der Waals surface area contributed by atoms with Gasteiger partial charge in [0.25, 0.3) is 11.6 Å². The standard InChI is InChI=1S/C17H17N3O6S/c1-18(2)27(24,25)14-6-3-12(4-7-14)17(21)19-9-10-26-16-8-5-13(20(22)23)11-15(16)19/h3-8,11H,9-10H2,1-2H3. The summed E-state index contributed by atoms with van der Waals surface area (Å²) in [6, 6.07) is 9.62. The van der Waals surface area contributed by atoms with E-state index in [1.54, 1.807) is 0 Å². The number of anilines is 1. The third-order valence-electron chi connectivity index (χ3n) is 4.14. The van der Waals surface area contributed by atoms with Gasteiger partial charge in [-0.2, -0.15) is 0 Å². The van der Waals surface area contributed by atoms with Crippen LogP contribution in [0.1, 0.15) is 10.4 Å². The molecule has 1 heterocycles. The van der Waals surface area contributed by atoms with Gasteiger partial charge in [0.2, 0.25) is 10.0 Å². The lowest BCUT2D eigenvalue weighted by molar-refractivity contribution is -0.384. The van der Waals surface area contributed by atoms with Gasteiger partial charge < -0.3 is 9.64 Å². The molecule has 1 aliphatic rings. The Bertz CT molecular complexity index is 1000. The number of non-ortho nitro benzene ring substituents is 1. The van der Waals surface area contributed by atoms with E-state index in [1.165, 1.54) is 61.5 Å². The minimum absolute atomic E-state index is 0.0714. The first kappa shape index (κ1) is 18.8. The zero-order valence-electron chi connectivity index (χ0n) is 14.7. The maximum Gasteiger partial charge on any atom is 0.271 e. The number of rotatable bonds is 4. The highest BCUT2D eigenvalue weighted by Crippen LogP contribution is 2.35. The van der Waals surface area contributed by atoms with E-state index in [1.807, 2.05) is 0 Å². The monoisotopic (exact) mass is 391 g/mol. The highest BCUT2D eigenvalue weighted by atomic mass is 32.2. The average Bonchev–Trinajstić information content (AvgIpc) is 2.66. The highest BCUT2D eigenvalue weighted by molar-refractivity contribution is 7.89. The molecule has 0 atom stereocenters. The average molecular weight is 391 g/mol. The Balaban J connectivity index is 1.94. The quantitative estimate of drug-likeness (QED) is 0.581. The van der Waals surface area contributed by atoms with Crippen molar-refractivity contribution in [2.45, 2.75) is 4.90 Å². The minimum Gasteiger partial charge on any atom is -0.490 e. The second-order valence-corrected chi connectivity index (χ2v) is 8.18. The molecule has 0 saturated carbocycles. The first-order chi connectivity index (χ1) is 12.7. The third-order valence-corrected chi connectivity index (χ3v) is 5.97. The Morgan fingerprint density at radius 1 is 1.19 bits per heavy atom. The summed E-state index contributed by atoms with van der Waals surface area (Å²) < 4.78 is 30.8. The molecule has 0 fully saturated rings. The van der Waals surface area contributed by atoms with E-state index in [0.717, 1.165) is 4.31 Å². The van der Waals surface area contributed by atoms with Crippen molar-refractivity contribution >= 4 is 27.3 Å². The van der Waals surface area contributed by atoms with Gasteiger partial charge in [-0.15, -0.1) is 0 Å². The summed E-state index contributed by atoms with van der Waals surface area (Å²) in [6.45, 7) is 0.481. The molecule has 27 heavy (non-hydrogen) atoms. The van der Waals surface area contributed by atoms with Gasteiger partial charge in [0.05, 0.1) is 22.1 Å². The molecular weight excluding hydrogens is 374 g/mol. The summed E-state index contributed by atoms with van der Waals surface area (Å²) in [5, 5.41) is 11.0. The van der Waals surface area contributed by atoms with Gasteiger partial charge in [0, 0.05) is 31.8 Å². The van der Waals surface area contributed by atoms with Crippen LogP contribution in [-0.4, -0.2) is 50.8 Å². The van der Waals surface area contributed by atoms with E-state index in [2.05, 4.69) is 0 Å². The molecule has 0 aliphatic carbocycles. The Morgan fingerprint density at radius 2 is 1.85 bits per heavy atom. The van der Waals surface area contributed by atoms with Crippen molar-refractivity contribution in [1.82, 2.24) is 4.31 Å². The van der Waals surface area contributed by atoms with E-state index >= 15 is 0 Å². The van der Waals surface area contributed by atoms with Gasteiger partial charge in [-0.05, 0) is 30.3 Å². The maximum atomic E-state index is 12.9. The lowest BCUT2D eigenvalue weighted by atomic mass is 10.1. The lowest BCUT2D eigenvalue weighted by Crippen LogP contribution is -2.38. The zero-order chi connectivity index (χ0) is 19.8. The summed E-state index contributed by atoms with van der Waals surface area (Å²) in [5.41, 5.74) is 0.432. The lowest BCUT2D eigenvalue weighted by Gasteiger charge is -2.29. The number of ether oxygens (including phenoxy) is 1. The van der Waals surface area contributed by atoms with E-state index in [-0.39, 0.29) is 29.3 Å². The Morgan fingerprint density at radius 3 is 2.44 bits per heavy atom. The van der Waals surface area contributed by atoms with Crippen molar-refractivity contribution in [3.63, 3.8) is 0 Å². The van der Waals surface area contributed by atoms with Crippen LogP contribution in [0.15, 0.2) is 47.4 Å². The molecule has 0 unspecified atom stereocenters. The molecule has 1 aliphatic heterocycles. The number of amides is 1. The van der Waals surface area contributed by atoms with Gasteiger partial charge in [-0.3, -0.25) is 14.9 Å². The van der Waals surface area contributed by atoms with Crippen LogP contribution in [0.5, 0.6) is 5.75 Å². The van der Waals surface area contributed by atoms with Crippen molar-refractivity contribution in [2.75, 3.05) is 32.1 Å². The van der Waals surface area contributed by atoms with Crippen molar-refractivity contribution in [3.8, 4) is 5.75 Å². The fourth-order valence-corrected chi connectivity index (χ4v) is 3.57. The molecule has 0 N–H and O–H groups in total. The summed E-state index contributed by atoms with van der Waals surface area (Å²) >= 11 is 0. The summed E-state index contributed by atoms with van der Waals surface area (Å²) in [5.74, 6) is -0.0131. The number of carbonyl (C=O) groups excluding carboxylic acids is 1. The van der Waals surface area contributed by atoms with Crippen LogP contribution in [0.3, 0.4) is 0 Å². The second-order valence-electron chi connectivity index (χ2n) is 6.03. The fraction of sp³-hybridized carbons (Fsp3) is 0.235. The molecule has 142 valence electrons. The van der Waals surface area contributed by atoms with Crippen LogP contribution in [0.2, 0.25) is 0 Å². The first-order valence-electron chi connectivity index (χ1n) is 7.97. The zero-order valence-corrected chi connectivity index (χ0v) is 15.5. The summed E-state index contributed by atoms with van der Waals surface area (Å²) in [7, 11) is -0.749. The van der Waals surface area contributed by atoms with Crippen LogP contribution < -0.4 is 9.64 Å². The third kappa shape index (κ3) is 3.49. The van der Waals surface area contributed by atoms with Gasteiger partial charge in [0.15, 0.2) is 0 Å². The number of nitro groups is 1. The van der Waals surface area contributed by atoms with Crippen LogP contribution in [-0.2, 0) is 10.0 Å². The fourth-order valence-electron chi connectivity index (χ4n) is 2.67. The maximum absolute atomic E-state index is 12.9. The number of benzene rings is 2. The van der Waals surface area contributed by atoms with Crippen LogP contribution >= 0.6 is 0 Å². The molecule has 1 amide bonds. The molecule has 2 aromatic rings. The molecule has 0 radical (unpaired) electrons. The highest BCUT2D eigenvalue weighted by Gasteiger charge is 2.27. The smallest absolute Gasteiger partial charge is 0.271 e. The SMILES string of the molecule is CN(C)S(=O)(=O)c1ccc(C(=O)N2CCOc3ccc([N+](=O)[O-])cc32)cc1. The predicted molar refractivity (Wildman–Crippen MR) is 97.6 cm³/mol. The molecule has 2 aromatic carbocycles. The van der Waals surface area contributed by atoms with Gasteiger partial charge in [-0.1, -0.05) is 0 Å². The molecule has 0 saturated heterocycles. The van der Waals surface area contributed by atoms with Crippen molar-refractivity contribution < 1.29 is 22.9 Å².